The van der Waals surface area contributed by atoms with Gasteiger partial charge in [0.15, 0.2) is 0 Å². The van der Waals surface area contributed by atoms with E-state index in [-0.39, 0.29) is 10.8 Å². The smallest absolute Gasteiger partial charge is 0.244 e. The van der Waals surface area contributed by atoms with Gasteiger partial charge in [0.1, 0.15) is 16.4 Å². The number of H-pyrrole nitrogens is 1. The first-order chi connectivity index (χ1) is 11.8. The molecule has 0 fully saturated rings. The molecule has 0 unspecified atom stereocenters. The van der Waals surface area contributed by atoms with E-state index in [9.17, 15) is 13.2 Å². The van der Waals surface area contributed by atoms with Gasteiger partial charge < -0.3 is 10.3 Å². The van der Waals surface area contributed by atoms with Crippen LogP contribution < -0.4 is 5.32 Å². The maximum Gasteiger partial charge on any atom is 0.244 e. The normalized spacial score (nSPS) is 11.8. The molecule has 0 radical (unpaired) electrons. The number of aromatic amines is 1. The highest BCUT2D eigenvalue weighted by molar-refractivity contribution is 7.89. The second-order valence-corrected chi connectivity index (χ2v) is 7.79. The summed E-state index contributed by atoms with van der Waals surface area (Å²) in [6.45, 7) is 1.40. The first kappa shape index (κ1) is 17.1. The van der Waals surface area contributed by atoms with Crippen molar-refractivity contribution in [3.05, 3.63) is 36.8 Å². The molecule has 0 bridgehead atoms. The molecule has 3 heterocycles. The zero-order valence-corrected chi connectivity index (χ0v) is 14.8. The van der Waals surface area contributed by atoms with E-state index in [0.29, 0.717) is 16.9 Å². The Bertz CT molecular complexity index is 1060. The molecule has 0 aromatic carbocycles. The molecule has 3 aromatic rings. The summed E-state index contributed by atoms with van der Waals surface area (Å²) in [4.78, 5) is 22.6. The number of hydrogen-bond acceptors (Lipinski definition) is 5. The van der Waals surface area contributed by atoms with Gasteiger partial charge in [-0.15, -0.1) is 0 Å². The fourth-order valence-corrected chi connectivity index (χ4v) is 3.44. The molecule has 25 heavy (non-hydrogen) atoms. The molecular formula is C16H17N5O3S. The SMILES string of the molecule is CC(=O)Nc1cc(-c2cnc3[nH]cc(S(=O)(=O)N(C)C)c3c2)ccn1. The van der Waals surface area contributed by atoms with Crippen molar-refractivity contribution in [2.45, 2.75) is 11.8 Å². The van der Waals surface area contributed by atoms with Gasteiger partial charge in [-0.3, -0.25) is 4.79 Å². The molecule has 3 aromatic heterocycles. The van der Waals surface area contributed by atoms with E-state index < -0.39 is 10.0 Å². The third-order valence-corrected chi connectivity index (χ3v) is 5.50. The summed E-state index contributed by atoms with van der Waals surface area (Å²) in [5.74, 6) is 0.198. The van der Waals surface area contributed by atoms with Crippen LogP contribution in [0.1, 0.15) is 6.92 Å². The number of sulfonamides is 1. The van der Waals surface area contributed by atoms with Crippen molar-refractivity contribution in [2.75, 3.05) is 19.4 Å². The molecule has 3 rings (SSSR count). The van der Waals surface area contributed by atoms with Gasteiger partial charge in [-0.25, -0.2) is 22.7 Å². The van der Waals surface area contributed by atoms with Gasteiger partial charge in [0.05, 0.1) is 0 Å². The van der Waals surface area contributed by atoms with E-state index in [1.165, 1.54) is 27.2 Å². The van der Waals surface area contributed by atoms with Crippen LogP contribution in [0.25, 0.3) is 22.2 Å². The number of nitrogens with zero attached hydrogens (tertiary/aromatic N) is 3. The molecule has 0 aliphatic rings. The van der Waals surface area contributed by atoms with E-state index in [0.717, 1.165) is 15.4 Å². The average Bonchev–Trinajstić information content (AvgIpc) is 2.98. The van der Waals surface area contributed by atoms with Crippen LogP contribution in [-0.2, 0) is 14.8 Å². The standard InChI is InChI=1S/C16H17N5O3S/c1-10(22)20-15-7-11(4-5-17-15)12-6-13-14(25(23,24)21(2)3)9-19-16(13)18-8-12/h4-9H,1-3H3,(H,18,19)(H,17,20,22). The van der Waals surface area contributed by atoms with Gasteiger partial charge in [-0.2, -0.15) is 0 Å². The van der Waals surface area contributed by atoms with E-state index in [4.69, 9.17) is 0 Å². The van der Waals surface area contributed by atoms with E-state index in [1.54, 1.807) is 30.6 Å². The summed E-state index contributed by atoms with van der Waals surface area (Å²) in [7, 11) is -0.630. The Labute approximate surface area is 145 Å². The Balaban J connectivity index is 2.12. The van der Waals surface area contributed by atoms with Gasteiger partial charge in [0, 0.05) is 50.6 Å². The molecule has 130 valence electrons. The summed E-state index contributed by atoms with van der Waals surface area (Å²) in [6.07, 6.45) is 4.64. The molecule has 8 nitrogen and oxygen atoms in total. The molecule has 0 aliphatic carbocycles. The van der Waals surface area contributed by atoms with Crippen molar-refractivity contribution in [3.8, 4) is 11.1 Å². The van der Waals surface area contributed by atoms with Crippen molar-refractivity contribution in [2.24, 2.45) is 0 Å². The molecule has 1 amide bonds. The minimum atomic E-state index is -3.59. The molecule has 0 atom stereocenters. The molecule has 0 aliphatic heterocycles. The highest BCUT2D eigenvalue weighted by Gasteiger charge is 2.22. The summed E-state index contributed by atoms with van der Waals surface area (Å²) in [5, 5.41) is 3.12. The Kier molecular flexibility index (Phi) is 4.27. The second-order valence-electron chi connectivity index (χ2n) is 5.67. The van der Waals surface area contributed by atoms with E-state index in [1.807, 2.05) is 0 Å². The Morgan fingerprint density at radius 3 is 2.64 bits per heavy atom. The largest absolute Gasteiger partial charge is 0.345 e. The lowest BCUT2D eigenvalue weighted by molar-refractivity contribution is -0.114. The van der Waals surface area contributed by atoms with Crippen LogP contribution >= 0.6 is 0 Å². The predicted molar refractivity (Wildman–Crippen MR) is 94.5 cm³/mol. The molecule has 2 N–H and O–H groups in total. The maximum atomic E-state index is 12.5. The topological polar surface area (TPSA) is 108 Å². The predicted octanol–water partition coefficient (Wildman–Crippen LogP) is 1.83. The lowest BCUT2D eigenvalue weighted by Crippen LogP contribution is -2.21. The van der Waals surface area contributed by atoms with Crippen LogP contribution in [0.2, 0.25) is 0 Å². The number of aromatic nitrogens is 3. The maximum absolute atomic E-state index is 12.5. The number of hydrogen-bond donors (Lipinski definition) is 2. The lowest BCUT2D eigenvalue weighted by atomic mass is 10.1. The third kappa shape index (κ3) is 3.24. The first-order valence-electron chi connectivity index (χ1n) is 7.42. The number of carbonyl (C=O) groups is 1. The average molecular weight is 359 g/mol. The first-order valence-corrected chi connectivity index (χ1v) is 8.86. The fraction of sp³-hybridized carbons (Fsp3) is 0.188. The minimum Gasteiger partial charge on any atom is -0.345 e. The molecule has 0 spiro atoms. The Morgan fingerprint density at radius 1 is 1.20 bits per heavy atom. The van der Waals surface area contributed by atoms with Gasteiger partial charge in [-0.05, 0) is 23.8 Å². The van der Waals surface area contributed by atoms with Crippen LogP contribution in [0.5, 0.6) is 0 Å². The highest BCUT2D eigenvalue weighted by Crippen LogP contribution is 2.28. The molecule has 0 saturated carbocycles. The summed E-state index contributed by atoms with van der Waals surface area (Å²) in [6, 6.07) is 5.22. The van der Waals surface area contributed by atoms with Crippen molar-refractivity contribution in [3.63, 3.8) is 0 Å². The zero-order chi connectivity index (χ0) is 18.2. The van der Waals surface area contributed by atoms with Crippen LogP contribution in [0.4, 0.5) is 5.82 Å². The summed E-state index contributed by atoms with van der Waals surface area (Å²) < 4.78 is 26.1. The minimum absolute atomic E-state index is 0.165. The van der Waals surface area contributed by atoms with Crippen molar-refractivity contribution >= 4 is 32.8 Å². The summed E-state index contributed by atoms with van der Waals surface area (Å²) >= 11 is 0. The number of fused-ring (bicyclic) bond motifs is 1. The number of amides is 1. The quantitative estimate of drug-likeness (QED) is 0.739. The number of anilines is 1. The van der Waals surface area contributed by atoms with Crippen LogP contribution in [-0.4, -0.2) is 47.7 Å². The Morgan fingerprint density at radius 2 is 1.96 bits per heavy atom. The monoisotopic (exact) mass is 359 g/mol. The van der Waals surface area contributed by atoms with Crippen molar-refractivity contribution in [1.82, 2.24) is 19.3 Å². The van der Waals surface area contributed by atoms with E-state index in [2.05, 4.69) is 20.3 Å². The zero-order valence-electron chi connectivity index (χ0n) is 13.9. The van der Waals surface area contributed by atoms with E-state index >= 15 is 0 Å². The molecule has 9 heteroatoms. The Hall–Kier alpha value is -2.78. The van der Waals surface area contributed by atoms with Crippen LogP contribution in [0, 0.1) is 0 Å². The van der Waals surface area contributed by atoms with Gasteiger partial charge >= 0.3 is 0 Å². The number of nitrogens with one attached hydrogen (secondary N) is 2. The van der Waals surface area contributed by atoms with Crippen molar-refractivity contribution < 1.29 is 13.2 Å². The van der Waals surface area contributed by atoms with Crippen LogP contribution in [0.3, 0.4) is 0 Å². The highest BCUT2D eigenvalue weighted by atomic mass is 32.2. The summed E-state index contributed by atoms with van der Waals surface area (Å²) in [5.41, 5.74) is 1.97. The number of carbonyl (C=O) groups excluding carboxylic acids is 1. The lowest BCUT2D eigenvalue weighted by Gasteiger charge is -2.10. The fourth-order valence-electron chi connectivity index (χ4n) is 2.41. The van der Waals surface area contributed by atoms with Gasteiger partial charge in [0.25, 0.3) is 0 Å². The second kappa shape index (κ2) is 6.26. The molecule has 0 saturated heterocycles. The third-order valence-electron chi connectivity index (χ3n) is 3.65. The number of pyridine rings is 2. The van der Waals surface area contributed by atoms with Crippen LogP contribution in [0.15, 0.2) is 41.7 Å². The number of rotatable bonds is 4. The van der Waals surface area contributed by atoms with Gasteiger partial charge in [0.2, 0.25) is 15.9 Å². The van der Waals surface area contributed by atoms with Crippen molar-refractivity contribution in [1.29, 1.82) is 0 Å². The van der Waals surface area contributed by atoms with Gasteiger partial charge in [-0.1, -0.05) is 0 Å². The molecular weight excluding hydrogens is 342 g/mol.